The van der Waals surface area contributed by atoms with E-state index in [0.29, 0.717) is 6.04 Å². The van der Waals surface area contributed by atoms with E-state index in [9.17, 15) is 0 Å². The van der Waals surface area contributed by atoms with Crippen LogP contribution in [-0.2, 0) is 13.0 Å². The molecule has 0 aliphatic carbocycles. The minimum atomic E-state index is 0.600. The first-order chi connectivity index (χ1) is 9.21. The largest absolute Gasteiger partial charge is 0.314 e. The van der Waals surface area contributed by atoms with Gasteiger partial charge in [-0.3, -0.25) is 4.68 Å². The van der Waals surface area contributed by atoms with E-state index >= 15 is 0 Å². The quantitative estimate of drug-likeness (QED) is 0.654. The van der Waals surface area contributed by atoms with Gasteiger partial charge < -0.3 is 5.32 Å². The average molecular weight is 265 g/mol. The summed E-state index contributed by atoms with van der Waals surface area (Å²) < 4.78 is 2.14. The summed E-state index contributed by atoms with van der Waals surface area (Å²) in [5.41, 5.74) is 2.51. The van der Waals surface area contributed by atoms with Crippen molar-refractivity contribution in [3.63, 3.8) is 0 Å². The summed E-state index contributed by atoms with van der Waals surface area (Å²) in [5.74, 6) is 0. The Morgan fingerprint density at radius 3 is 2.63 bits per heavy atom. The van der Waals surface area contributed by atoms with Crippen molar-refractivity contribution in [1.82, 2.24) is 15.1 Å². The van der Waals surface area contributed by atoms with Gasteiger partial charge in [0.15, 0.2) is 0 Å². The molecule has 110 valence electrons. The Morgan fingerprint density at radius 2 is 2.00 bits per heavy atom. The number of hydrogen-bond donors (Lipinski definition) is 1. The van der Waals surface area contributed by atoms with Crippen molar-refractivity contribution in [2.24, 2.45) is 0 Å². The summed E-state index contributed by atoms with van der Waals surface area (Å²) in [7, 11) is 0. The fourth-order valence-electron chi connectivity index (χ4n) is 2.67. The lowest BCUT2D eigenvalue weighted by Crippen LogP contribution is -2.31. The number of hydrogen-bond acceptors (Lipinski definition) is 2. The van der Waals surface area contributed by atoms with Crippen LogP contribution >= 0.6 is 0 Å². The van der Waals surface area contributed by atoms with Crippen LogP contribution in [0.3, 0.4) is 0 Å². The summed E-state index contributed by atoms with van der Waals surface area (Å²) in [6.45, 7) is 10.7. The van der Waals surface area contributed by atoms with Gasteiger partial charge in [0, 0.05) is 24.7 Å². The third-order valence-electron chi connectivity index (χ3n) is 3.64. The molecule has 0 saturated carbocycles. The molecule has 0 amide bonds. The number of nitrogens with one attached hydrogen (secondary N) is 1. The Labute approximate surface area is 118 Å². The van der Waals surface area contributed by atoms with Crippen molar-refractivity contribution in [3.8, 4) is 0 Å². The molecular formula is C16H31N3. The average Bonchev–Trinajstić information content (AvgIpc) is 2.75. The van der Waals surface area contributed by atoms with Gasteiger partial charge in [-0.15, -0.1) is 0 Å². The van der Waals surface area contributed by atoms with Crippen LogP contribution in [0.2, 0.25) is 0 Å². The molecule has 1 atom stereocenters. The summed E-state index contributed by atoms with van der Waals surface area (Å²) in [6, 6.07) is 2.84. The number of unbranched alkanes of at least 4 members (excludes halogenated alkanes) is 3. The van der Waals surface area contributed by atoms with Crippen LogP contribution in [0.4, 0.5) is 0 Å². The predicted molar refractivity (Wildman–Crippen MR) is 82.6 cm³/mol. The Balaban J connectivity index is 2.51. The van der Waals surface area contributed by atoms with Crippen molar-refractivity contribution in [1.29, 1.82) is 0 Å². The first-order valence-corrected chi connectivity index (χ1v) is 7.97. The van der Waals surface area contributed by atoms with E-state index in [-0.39, 0.29) is 0 Å². The van der Waals surface area contributed by atoms with Crippen LogP contribution in [0.25, 0.3) is 0 Å². The standard InChI is InChI=1S/C16H31N3/c1-5-8-9-10-11-15(17-6-2)13-16-12-14(4)18-19(16)7-3/h12,15,17H,5-11,13H2,1-4H3. The second kappa shape index (κ2) is 9.13. The van der Waals surface area contributed by atoms with Gasteiger partial charge in [0.25, 0.3) is 0 Å². The highest BCUT2D eigenvalue weighted by Gasteiger charge is 2.12. The highest BCUT2D eigenvalue weighted by atomic mass is 15.3. The molecule has 0 fully saturated rings. The molecule has 1 heterocycles. The van der Waals surface area contributed by atoms with Gasteiger partial charge in [-0.25, -0.2) is 0 Å². The second-order valence-electron chi connectivity index (χ2n) is 5.40. The topological polar surface area (TPSA) is 29.9 Å². The molecule has 0 aliphatic heterocycles. The van der Waals surface area contributed by atoms with E-state index in [2.05, 4.69) is 48.9 Å². The van der Waals surface area contributed by atoms with Crippen molar-refractivity contribution in [3.05, 3.63) is 17.5 Å². The second-order valence-corrected chi connectivity index (χ2v) is 5.40. The maximum absolute atomic E-state index is 4.54. The van der Waals surface area contributed by atoms with Crippen molar-refractivity contribution in [2.75, 3.05) is 6.54 Å². The molecule has 0 bridgehead atoms. The van der Waals surface area contributed by atoms with E-state index < -0.39 is 0 Å². The zero-order chi connectivity index (χ0) is 14.1. The first kappa shape index (κ1) is 16.2. The third-order valence-corrected chi connectivity index (χ3v) is 3.64. The molecule has 1 rings (SSSR count). The maximum Gasteiger partial charge on any atom is 0.0596 e. The Morgan fingerprint density at radius 1 is 1.21 bits per heavy atom. The van der Waals surface area contributed by atoms with E-state index in [1.54, 1.807) is 0 Å². The van der Waals surface area contributed by atoms with Crippen LogP contribution in [0, 0.1) is 6.92 Å². The molecular weight excluding hydrogens is 234 g/mol. The lowest BCUT2D eigenvalue weighted by Gasteiger charge is -2.18. The van der Waals surface area contributed by atoms with E-state index in [0.717, 1.165) is 25.2 Å². The fourth-order valence-corrected chi connectivity index (χ4v) is 2.67. The van der Waals surface area contributed by atoms with Crippen molar-refractivity contribution < 1.29 is 0 Å². The molecule has 1 aromatic heterocycles. The van der Waals surface area contributed by atoms with E-state index in [1.165, 1.54) is 37.8 Å². The lowest BCUT2D eigenvalue weighted by molar-refractivity contribution is 0.449. The number of rotatable bonds is 10. The van der Waals surface area contributed by atoms with Gasteiger partial charge in [0.05, 0.1) is 5.69 Å². The first-order valence-electron chi connectivity index (χ1n) is 7.97. The van der Waals surface area contributed by atoms with Crippen molar-refractivity contribution >= 4 is 0 Å². The van der Waals surface area contributed by atoms with Crippen molar-refractivity contribution in [2.45, 2.75) is 78.8 Å². The zero-order valence-electron chi connectivity index (χ0n) is 13.2. The van der Waals surface area contributed by atoms with Gasteiger partial charge in [-0.1, -0.05) is 39.5 Å². The Kier molecular flexibility index (Phi) is 7.80. The molecule has 0 aliphatic rings. The number of aryl methyl sites for hydroxylation is 2. The Hall–Kier alpha value is -0.830. The molecule has 19 heavy (non-hydrogen) atoms. The third kappa shape index (κ3) is 5.77. The molecule has 3 heteroatoms. The fraction of sp³-hybridized carbons (Fsp3) is 0.812. The van der Waals surface area contributed by atoms with Gasteiger partial charge in [-0.05, 0) is 32.9 Å². The van der Waals surface area contributed by atoms with Crippen LogP contribution in [0.15, 0.2) is 6.07 Å². The Bertz CT molecular complexity index is 344. The van der Waals surface area contributed by atoms with Gasteiger partial charge in [0.1, 0.15) is 0 Å². The molecule has 3 nitrogen and oxygen atoms in total. The minimum absolute atomic E-state index is 0.600. The molecule has 0 radical (unpaired) electrons. The van der Waals surface area contributed by atoms with Crippen LogP contribution in [-0.4, -0.2) is 22.4 Å². The normalized spacial score (nSPS) is 12.8. The number of aromatic nitrogens is 2. The molecule has 1 N–H and O–H groups in total. The van der Waals surface area contributed by atoms with Gasteiger partial charge >= 0.3 is 0 Å². The van der Waals surface area contributed by atoms with Gasteiger partial charge in [-0.2, -0.15) is 5.10 Å². The molecule has 1 aromatic rings. The summed E-state index contributed by atoms with van der Waals surface area (Å²) in [6.07, 6.45) is 7.77. The highest BCUT2D eigenvalue weighted by Crippen LogP contribution is 2.12. The number of nitrogens with zero attached hydrogens (tertiary/aromatic N) is 2. The van der Waals surface area contributed by atoms with E-state index in [1.807, 2.05) is 0 Å². The molecule has 0 saturated heterocycles. The summed E-state index contributed by atoms with van der Waals surface area (Å²) in [4.78, 5) is 0. The smallest absolute Gasteiger partial charge is 0.0596 e. The molecule has 0 aromatic carbocycles. The van der Waals surface area contributed by atoms with E-state index in [4.69, 9.17) is 0 Å². The number of likely N-dealkylation sites (N-methyl/N-ethyl adjacent to an activating group) is 1. The highest BCUT2D eigenvalue weighted by molar-refractivity contribution is 5.10. The van der Waals surface area contributed by atoms with Crippen LogP contribution in [0.1, 0.15) is 64.3 Å². The lowest BCUT2D eigenvalue weighted by atomic mass is 10.0. The minimum Gasteiger partial charge on any atom is -0.314 e. The SMILES string of the molecule is CCCCCCC(Cc1cc(C)nn1CC)NCC. The van der Waals surface area contributed by atoms with Crippen LogP contribution in [0.5, 0.6) is 0 Å². The molecule has 0 spiro atoms. The van der Waals surface area contributed by atoms with Crippen LogP contribution < -0.4 is 5.32 Å². The van der Waals surface area contributed by atoms with Gasteiger partial charge in [0.2, 0.25) is 0 Å². The maximum atomic E-state index is 4.54. The monoisotopic (exact) mass is 265 g/mol. The zero-order valence-corrected chi connectivity index (χ0v) is 13.2. The summed E-state index contributed by atoms with van der Waals surface area (Å²) >= 11 is 0. The molecule has 1 unspecified atom stereocenters. The summed E-state index contributed by atoms with van der Waals surface area (Å²) in [5, 5.41) is 8.17. The predicted octanol–water partition coefficient (Wildman–Crippen LogP) is 3.70.